The lowest BCUT2D eigenvalue weighted by Gasteiger charge is -2.10. The highest BCUT2D eigenvalue weighted by Crippen LogP contribution is 2.37. The largest absolute Gasteiger partial charge is 0.496 e. The Morgan fingerprint density at radius 3 is 2.22 bits per heavy atom. The van der Waals surface area contributed by atoms with Crippen molar-refractivity contribution < 1.29 is 13.5 Å². The van der Waals surface area contributed by atoms with Crippen molar-refractivity contribution in [1.82, 2.24) is 0 Å². The molecule has 0 aromatic rings. The maximum atomic E-state index is 14.1. The molecule has 98 valence electrons. The lowest BCUT2D eigenvalue weighted by molar-refractivity contribution is 0.305. The van der Waals surface area contributed by atoms with Gasteiger partial charge in [0.1, 0.15) is 17.4 Å². The van der Waals surface area contributed by atoms with Crippen LogP contribution in [0, 0.1) is 0 Å². The Bertz CT molecular complexity index is 450. The summed E-state index contributed by atoms with van der Waals surface area (Å²) in [5.74, 6) is -1.07. The summed E-state index contributed by atoms with van der Waals surface area (Å²) >= 11 is 1.89. The van der Waals surface area contributed by atoms with E-state index in [9.17, 15) is 8.78 Å². The van der Waals surface area contributed by atoms with Gasteiger partial charge in [-0.05, 0) is 26.7 Å². The van der Waals surface area contributed by atoms with E-state index in [4.69, 9.17) is 4.74 Å². The van der Waals surface area contributed by atoms with Gasteiger partial charge in [0.15, 0.2) is 0 Å². The van der Waals surface area contributed by atoms with Gasteiger partial charge in [0.2, 0.25) is 0 Å². The van der Waals surface area contributed by atoms with Crippen molar-refractivity contribution in [2.24, 2.45) is 0 Å². The topological polar surface area (TPSA) is 9.23 Å². The third-order valence-electron chi connectivity index (χ3n) is 1.94. The van der Waals surface area contributed by atoms with Crippen molar-refractivity contribution in [3.63, 3.8) is 0 Å². The number of ether oxygens (including phenoxy) is 1. The van der Waals surface area contributed by atoms with Crippen molar-refractivity contribution in [3.8, 4) is 0 Å². The van der Waals surface area contributed by atoms with E-state index in [1.54, 1.807) is 0 Å². The first kappa shape index (κ1) is 17.2. The standard InChI is InChI=1S/C13H13F2IOS/c1-6-11(14)7-8(2)9(3)12(15)13(18-16)10(4)17-5/h6-7H,1-4H2,5H3/b11-7+,13-12-. The number of halogens is 3. The monoisotopic (exact) mass is 382 g/mol. The van der Waals surface area contributed by atoms with E-state index in [1.165, 1.54) is 7.11 Å². The zero-order chi connectivity index (χ0) is 14.3. The number of allylic oxidation sites excluding steroid dienone is 6. The predicted octanol–water partition coefficient (Wildman–Crippen LogP) is 5.56. The molecule has 0 saturated carbocycles. The first-order valence-corrected chi connectivity index (χ1v) is 8.04. The molecular weight excluding hydrogens is 369 g/mol. The van der Waals surface area contributed by atoms with E-state index in [0.717, 1.165) is 21.1 Å². The van der Waals surface area contributed by atoms with Crippen LogP contribution in [0.25, 0.3) is 0 Å². The second kappa shape index (κ2) is 8.31. The molecule has 0 N–H and O–H groups in total. The van der Waals surface area contributed by atoms with E-state index >= 15 is 0 Å². The van der Waals surface area contributed by atoms with Gasteiger partial charge in [0.25, 0.3) is 0 Å². The molecule has 0 bridgehead atoms. The van der Waals surface area contributed by atoms with Crippen LogP contribution in [0.5, 0.6) is 0 Å². The minimum absolute atomic E-state index is 0.0237. The third-order valence-corrected chi connectivity index (χ3v) is 3.82. The molecule has 0 atom stereocenters. The van der Waals surface area contributed by atoms with Crippen molar-refractivity contribution in [3.05, 3.63) is 71.9 Å². The number of methoxy groups -OCH3 is 1. The van der Waals surface area contributed by atoms with Gasteiger partial charge in [-0.3, -0.25) is 0 Å². The second-order valence-corrected chi connectivity index (χ2v) is 4.97. The summed E-state index contributed by atoms with van der Waals surface area (Å²) in [7, 11) is 2.48. The maximum Gasteiger partial charge on any atom is 0.148 e. The maximum absolute atomic E-state index is 14.1. The molecule has 0 fully saturated rings. The molecule has 0 saturated heterocycles. The average Bonchev–Trinajstić information content (AvgIpc) is 2.37. The minimum atomic E-state index is -0.639. The Labute approximate surface area is 122 Å². The Morgan fingerprint density at radius 1 is 1.28 bits per heavy atom. The average molecular weight is 382 g/mol. The van der Waals surface area contributed by atoms with Crippen LogP contribution in [0.15, 0.2) is 71.9 Å². The fourth-order valence-corrected chi connectivity index (χ4v) is 2.56. The summed E-state index contributed by atoms with van der Waals surface area (Å²) in [6, 6.07) is 0. The Kier molecular flexibility index (Phi) is 7.93. The van der Waals surface area contributed by atoms with Crippen LogP contribution in [0.3, 0.4) is 0 Å². The van der Waals surface area contributed by atoms with Gasteiger partial charge in [-0.1, -0.05) is 26.3 Å². The van der Waals surface area contributed by atoms with Crippen LogP contribution in [0.4, 0.5) is 8.78 Å². The lowest BCUT2D eigenvalue weighted by atomic mass is 10.1. The summed E-state index contributed by atoms with van der Waals surface area (Å²) in [6.45, 7) is 13.9. The Hall–Kier alpha value is -0.820. The van der Waals surface area contributed by atoms with Gasteiger partial charge < -0.3 is 4.74 Å². The summed E-state index contributed by atoms with van der Waals surface area (Å²) < 4.78 is 31.9. The van der Waals surface area contributed by atoms with Gasteiger partial charge in [0, 0.05) is 26.8 Å². The number of hydrogen-bond acceptors (Lipinski definition) is 2. The fourth-order valence-electron chi connectivity index (χ4n) is 0.882. The van der Waals surface area contributed by atoms with Crippen LogP contribution >= 0.6 is 30.1 Å². The van der Waals surface area contributed by atoms with Crippen molar-refractivity contribution in [2.75, 3.05) is 7.11 Å². The smallest absolute Gasteiger partial charge is 0.148 e. The van der Waals surface area contributed by atoms with Crippen LogP contribution in [-0.2, 0) is 4.74 Å². The molecule has 1 nitrogen and oxygen atoms in total. The normalized spacial score (nSPS) is 12.6. The van der Waals surface area contributed by atoms with Gasteiger partial charge in [-0.15, -0.1) is 0 Å². The summed E-state index contributed by atoms with van der Waals surface area (Å²) in [4.78, 5) is 0.191. The summed E-state index contributed by atoms with van der Waals surface area (Å²) in [6.07, 6.45) is 2.06. The van der Waals surface area contributed by atoms with Gasteiger partial charge in [-0.25, -0.2) is 8.78 Å². The molecule has 0 rings (SSSR count). The number of rotatable bonds is 7. The highest BCUT2D eigenvalue weighted by atomic mass is 127. The molecule has 0 aromatic heterocycles. The third kappa shape index (κ3) is 4.81. The molecule has 0 amide bonds. The van der Waals surface area contributed by atoms with Gasteiger partial charge >= 0.3 is 0 Å². The molecule has 0 unspecified atom stereocenters. The Morgan fingerprint density at radius 2 is 1.83 bits per heavy atom. The molecule has 0 aliphatic carbocycles. The molecule has 5 heteroatoms. The first-order chi connectivity index (χ1) is 8.38. The summed E-state index contributed by atoms with van der Waals surface area (Å²) in [5, 5.41) is 0. The quantitative estimate of drug-likeness (QED) is 0.324. The predicted molar refractivity (Wildman–Crippen MR) is 83.6 cm³/mol. The second-order valence-electron chi connectivity index (χ2n) is 3.08. The van der Waals surface area contributed by atoms with Crippen LogP contribution in [0.2, 0.25) is 0 Å². The Balaban J connectivity index is 5.31. The van der Waals surface area contributed by atoms with Crippen LogP contribution < -0.4 is 0 Å². The molecule has 0 aromatic carbocycles. The molecule has 18 heavy (non-hydrogen) atoms. The SMILES string of the molecule is C=C/C(F)=C\C(=C)C(=C)/C(F)=C(/SI)C(=C)OC. The van der Waals surface area contributed by atoms with Gasteiger partial charge in [0.05, 0.1) is 12.0 Å². The van der Waals surface area contributed by atoms with Crippen LogP contribution in [-0.4, -0.2) is 7.11 Å². The molecule has 0 aliphatic rings. The molecule has 0 heterocycles. The van der Waals surface area contributed by atoms with E-state index in [1.807, 2.05) is 21.2 Å². The molecule has 0 spiro atoms. The van der Waals surface area contributed by atoms with Crippen molar-refractivity contribution in [1.29, 1.82) is 0 Å². The number of hydrogen-bond donors (Lipinski definition) is 0. The zero-order valence-corrected chi connectivity index (χ0v) is 12.9. The molecule has 0 radical (unpaired) electrons. The first-order valence-electron chi connectivity index (χ1n) is 4.68. The minimum Gasteiger partial charge on any atom is -0.496 e. The zero-order valence-electron chi connectivity index (χ0n) is 9.93. The van der Waals surface area contributed by atoms with Crippen molar-refractivity contribution >= 4 is 30.1 Å². The van der Waals surface area contributed by atoms with E-state index < -0.39 is 11.7 Å². The van der Waals surface area contributed by atoms with Gasteiger partial charge in [-0.2, -0.15) is 0 Å². The molecule has 0 aliphatic heterocycles. The van der Waals surface area contributed by atoms with E-state index in [2.05, 4.69) is 26.3 Å². The van der Waals surface area contributed by atoms with Crippen LogP contribution in [0.1, 0.15) is 0 Å². The summed E-state index contributed by atoms with van der Waals surface area (Å²) in [5.41, 5.74) is 0.0983. The van der Waals surface area contributed by atoms with Crippen molar-refractivity contribution in [2.45, 2.75) is 0 Å². The highest BCUT2D eigenvalue weighted by Gasteiger charge is 2.15. The van der Waals surface area contributed by atoms with E-state index in [0.29, 0.717) is 0 Å². The van der Waals surface area contributed by atoms with E-state index in [-0.39, 0.29) is 21.8 Å². The highest BCUT2D eigenvalue weighted by molar-refractivity contribution is 14.2. The fraction of sp³-hybridized carbons (Fsp3) is 0.0769. The lowest BCUT2D eigenvalue weighted by Crippen LogP contribution is -1.93. The molecular formula is C13H13F2IOS.